The number of rotatable bonds is 4. The minimum Gasteiger partial charge on any atom is -0.458 e. The maximum absolute atomic E-state index is 12.8. The normalized spacial score (nSPS) is 11.6. The summed E-state index contributed by atoms with van der Waals surface area (Å²) in [7, 11) is 0. The van der Waals surface area contributed by atoms with E-state index in [9.17, 15) is 18.0 Å². The summed E-state index contributed by atoms with van der Waals surface area (Å²) in [6, 6.07) is 6.25. The van der Waals surface area contributed by atoms with Crippen LogP contribution in [0.15, 0.2) is 36.9 Å². The van der Waals surface area contributed by atoms with Crippen LogP contribution < -0.4 is 0 Å². The molecule has 0 aliphatic carbocycles. The van der Waals surface area contributed by atoms with E-state index < -0.39 is 18.0 Å². The molecule has 10 heteroatoms. The number of ether oxygens (including phenoxy) is 1. The van der Waals surface area contributed by atoms with Crippen molar-refractivity contribution in [3.8, 4) is 10.6 Å². The molecule has 1 aromatic carbocycles. The Morgan fingerprint density at radius 3 is 2.88 bits per heavy atom. The summed E-state index contributed by atoms with van der Waals surface area (Å²) in [6.07, 6.45) is -3.22. The highest BCUT2D eigenvalue weighted by Crippen LogP contribution is 2.31. The summed E-state index contributed by atoms with van der Waals surface area (Å²) in [4.78, 5) is 11.8. The van der Waals surface area contributed by atoms with E-state index in [4.69, 9.17) is 4.74 Å². The van der Waals surface area contributed by atoms with E-state index in [1.54, 1.807) is 12.1 Å². The van der Waals surface area contributed by atoms with Gasteiger partial charge in [-0.15, -0.1) is 10.2 Å². The van der Waals surface area contributed by atoms with Gasteiger partial charge in [0.05, 0.1) is 5.56 Å². The molecule has 0 fully saturated rings. The first-order valence-electron chi connectivity index (χ1n) is 6.58. The lowest BCUT2D eigenvalue weighted by atomic mass is 10.1. The molecule has 0 aliphatic rings. The number of aromatic nitrogens is 4. The van der Waals surface area contributed by atoms with Gasteiger partial charge in [0.15, 0.2) is 0 Å². The van der Waals surface area contributed by atoms with Crippen LogP contribution in [-0.4, -0.2) is 32.4 Å². The molecule has 2 heterocycles. The monoisotopic (exact) mass is 354 g/mol. The average molecular weight is 354 g/mol. The lowest BCUT2D eigenvalue weighted by molar-refractivity contribution is -0.146. The second kappa shape index (κ2) is 6.04. The Hall–Kier alpha value is -2.75. The number of halogens is 3. The predicted octanol–water partition coefficient (Wildman–Crippen LogP) is 3.21. The fraction of sp³-hybridized carbons (Fsp3) is 0.143. The molecule has 3 rings (SSSR count). The van der Waals surface area contributed by atoms with E-state index in [1.807, 2.05) is 0 Å². The van der Waals surface area contributed by atoms with Crippen LogP contribution >= 0.6 is 11.3 Å². The van der Waals surface area contributed by atoms with E-state index in [-0.39, 0.29) is 22.1 Å². The second-order valence-electron chi connectivity index (χ2n) is 4.59. The van der Waals surface area contributed by atoms with Crippen molar-refractivity contribution < 1.29 is 22.7 Å². The summed E-state index contributed by atoms with van der Waals surface area (Å²) in [5.74, 6) is -1.75. The van der Waals surface area contributed by atoms with Gasteiger partial charge in [-0.3, -0.25) is 0 Å². The molecule has 3 aromatic rings. The zero-order valence-electron chi connectivity index (χ0n) is 11.9. The van der Waals surface area contributed by atoms with Gasteiger partial charge in [-0.1, -0.05) is 36.1 Å². The highest BCUT2D eigenvalue weighted by Gasteiger charge is 2.38. The van der Waals surface area contributed by atoms with Crippen molar-refractivity contribution in [1.82, 2.24) is 19.8 Å². The molecule has 6 nitrogen and oxygen atoms in total. The smallest absolute Gasteiger partial charge is 0.453 e. The largest absolute Gasteiger partial charge is 0.458 e. The van der Waals surface area contributed by atoms with Crippen molar-refractivity contribution in [1.29, 1.82) is 0 Å². The third-order valence-electron chi connectivity index (χ3n) is 2.92. The van der Waals surface area contributed by atoms with E-state index in [0.717, 1.165) is 11.3 Å². The fourth-order valence-electron chi connectivity index (χ4n) is 1.91. The first-order chi connectivity index (χ1) is 11.4. The van der Waals surface area contributed by atoms with Gasteiger partial charge in [0.1, 0.15) is 11.6 Å². The van der Waals surface area contributed by atoms with E-state index >= 15 is 0 Å². The number of hydrogen-bond acceptors (Lipinski definition) is 6. The van der Waals surface area contributed by atoms with Crippen molar-refractivity contribution in [3.63, 3.8) is 0 Å². The zero-order chi connectivity index (χ0) is 17.3. The number of hydrogen-bond donors (Lipinski definition) is 0. The molecule has 0 saturated heterocycles. The highest BCUT2D eigenvalue weighted by atomic mass is 32.1. The molecule has 2 aromatic heterocycles. The molecule has 0 radical (unpaired) electrons. The van der Waals surface area contributed by atoms with Gasteiger partial charge in [-0.25, -0.2) is 4.79 Å². The Morgan fingerprint density at radius 2 is 2.17 bits per heavy atom. The number of alkyl halides is 3. The molecule has 0 amide bonds. The number of esters is 1. The molecule has 0 N–H and O–H groups in total. The molecule has 0 spiro atoms. The van der Waals surface area contributed by atoms with Crippen LogP contribution in [0.25, 0.3) is 15.5 Å². The average Bonchev–Trinajstić information content (AvgIpc) is 3.12. The number of benzene rings is 1. The third kappa shape index (κ3) is 3.00. The first kappa shape index (κ1) is 16.1. The van der Waals surface area contributed by atoms with E-state index in [1.165, 1.54) is 18.2 Å². The Balaban J connectivity index is 1.97. The Morgan fingerprint density at radius 1 is 1.38 bits per heavy atom. The zero-order valence-corrected chi connectivity index (χ0v) is 12.8. The van der Waals surface area contributed by atoms with Gasteiger partial charge >= 0.3 is 12.1 Å². The second-order valence-corrected chi connectivity index (χ2v) is 5.55. The maximum atomic E-state index is 12.8. The number of fused-ring (bicyclic) bond motifs is 1. The molecule has 0 bridgehead atoms. The molecule has 0 atom stereocenters. The maximum Gasteiger partial charge on any atom is 0.453 e. The standard InChI is InChI=1S/C14H9F3N4O2S/c1-2-6-23-11(22)9-5-3-4-8(7-9)10-20-21-12(14(15,16)17)18-19-13(21)24-10/h2-5,7H,1,6H2. The van der Waals surface area contributed by atoms with Crippen LogP contribution in [0, 0.1) is 0 Å². The lowest BCUT2D eigenvalue weighted by Crippen LogP contribution is -2.11. The summed E-state index contributed by atoms with van der Waals surface area (Å²) in [5, 5.41) is 10.7. The van der Waals surface area contributed by atoms with Crippen LogP contribution in [0.1, 0.15) is 16.2 Å². The summed E-state index contributed by atoms with van der Waals surface area (Å²) in [6.45, 7) is 3.51. The minimum absolute atomic E-state index is 0.0111. The van der Waals surface area contributed by atoms with Crippen LogP contribution in [0.2, 0.25) is 0 Å². The topological polar surface area (TPSA) is 69.4 Å². The fourth-order valence-corrected chi connectivity index (χ4v) is 2.74. The Labute approximate surface area is 137 Å². The van der Waals surface area contributed by atoms with Gasteiger partial charge in [-0.05, 0) is 12.1 Å². The van der Waals surface area contributed by atoms with Gasteiger partial charge in [-0.2, -0.15) is 22.8 Å². The van der Waals surface area contributed by atoms with Gasteiger partial charge in [0, 0.05) is 5.56 Å². The van der Waals surface area contributed by atoms with Crippen molar-refractivity contribution >= 4 is 22.3 Å². The van der Waals surface area contributed by atoms with Crippen molar-refractivity contribution in [3.05, 3.63) is 48.3 Å². The van der Waals surface area contributed by atoms with Crippen LogP contribution in [0.4, 0.5) is 13.2 Å². The van der Waals surface area contributed by atoms with Crippen LogP contribution in [0.5, 0.6) is 0 Å². The highest BCUT2D eigenvalue weighted by molar-refractivity contribution is 7.19. The predicted molar refractivity (Wildman–Crippen MR) is 79.6 cm³/mol. The quantitative estimate of drug-likeness (QED) is 0.531. The number of carbonyl (C=O) groups is 1. The third-order valence-corrected chi connectivity index (χ3v) is 3.87. The SMILES string of the molecule is C=CCOC(=O)c1cccc(-c2nn3c(C(F)(F)F)nnc3s2)c1. The Bertz CT molecular complexity index is 916. The van der Waals surface area contributed by atoms with Gasteiger partial charge in [0.2, 0.25) is 4.96 Å². The summed E-state index contributed by atoms with van der Waals surface area (Å²) in [5.41, 5.74) is 0.739. The molecular weight excluding hydrogens is 345 g/mol. The van der Waals surface area contributed by atoms with Crippen molar-refractivity contribution in [2.45, 2.75) is 6.18 Å². The number of carbonyl (C=O) groups excluding carboxylic acids is 1. The lowest BCUT2D eigenvalue weighted by Gasteiger charge is -2.03. The van der Waals surface area contributed by atoms with E-state index in [2.05, 4.69) is 21.9 Å². The summed E-state index contributed by atoms with van der Waals surface area (Å²) < 4.78 is 44.0. The molecule has 24 heavy (non-hydrogen) atoms. The summed E-state index contributed by atoms with van der Waals surface area (Å²) >= 11 is 0.936. The molecule has 0 saturated carbocycles. The molecule has 0 aliphatic heterocycles. The number of nitrogens with zero attached hydrogens (tertiary/aromatic N) is 4. The Kier molecular flexibility index (Phi) is 4.06. The van der Waals surface area contributed by atoms with Crippen LogP contribution in [-0.2, 0) is 10.9 Å². The van der Waals surface area contributed by atoms with Crippen LogP contribution in [0.3, 0.4) is 0 Å². The molecule has 0 unspecified atom stereocenters. The van der Waals surface area contributed by atoms with Crippen molar-refractivity contribution in [2.24, 2.45) is 0 Å². The molecule has 124 valence electrons. The molecular formula is C14H9F3N4O2S. The minimum atomic E-state index is -4.65. The van der Waals surface area contributed by atoms with E-state index in [0.29, 0.717) is 10.1 Å². The van der Waals surface area contributed by atoms with Gasteiger partial charge in [0.25, 0.3) is 5.82 Å². The van der Waals surface area contributed by atoms with Gasteiger partial charge < -0.3 is 4.74 Å². The first-order valence-corrected chi connectivity index (χ1v) is 7.39. The van der Waals surface area contributed by atoms with Crippen molar-refractivity contribution in [2.75, 3.05) is 6.61 Å².